The van der Waals surface area contributed by atoms with Crippen LogP contribution in [-0.2, 0) is 20.9 Å². The zero-order valence-electron chi connectivity index (χ0n) is 12.9. The molecule has 1 aromatic rings. The molecule has 8 heteroatoms. The molecule has 3 nitrogen and oxygen atoms in total. The first-order chi connectivity index (χ1) is 11.5. The fraction of sp³-hybridized carbons (Fsp3) is 0.250. The third-order valence-corrected chi connectivity index (χ3v) is 11.5. The van der Waals surface area contributed by atoms with Gasteiger partial charge in [0.1, 0.15) is 15.4 Å². The van der Waals surface area contributed by atoms with E-state index in [1.807, 2.05) is 30.0 Å². The summed E-state index contributed by atoms with van der Waals surface area (Å²) in [6.07, 6.45) is 1.30. The Morgan fingerprint density at radius 3 is 2.67 bits per heavy atom. The average molecular weight is 415 g/mol. The second kappa shape index (κ2) is 6.72. The van der Waals surface area contributed by atoms with Gasteiger partial charge in [-0.15, -0.1) is 0 Å². The van der Waals surface area contributed by atoms with Gasteiger partial charge in [-0.3, -0.25) is 4.31 Å². The van der Waals surface area contributed by atoms with E-state index in [1.165, 1.54) is 14.7 Å². The molecule has 126 valence electrons. The van der Waals surface area contributed by atoms with Crippen molar-refractivity contribution in [2.75, 3.05) is 22.9 Å². The van der Waals surface area contributed by atoms with Crippen LogP contribution in [0.3, 0.4) is 0 Å². The summed E-state index contributed by atoms with van der Waals surface area (Å²) in [6, 6.07) is 7.92. The molecule has 0 fully saturated rings. The van der Waals surface area contributed by atoms with Crippen LogP contribution in [0.4, 0.5) is 5.69 Å². The minimum Gasteiger partial charge on any atom is -0.269 e. The van der Waals surface area contributed by atoms with Crippen LogP contribution in [0, 0.1) is 0 Å². The van der Waals surface area contributed by atoms with Crippen LogP contribution in [0.1, 0.15) is 11.5 Å². The number of hydrogen-bond donors (Lipinski definition) is 0. The molecule has 0 saturated heterocycles. The number of para-hydroxylation sites is 1. The van der Waals surface area contributed by atoms with Gasteiger partial charge in [0, 0.05) is 12.0 Å². The summed E-state index contributed by atoms with van der Waals surface area (Å²) in [5.74, 6) is 1.23. The van der Waals surface area contributed by atoms with Crippen molar-refractivity contribution in [2.24, 2.45) is 0 Å². The summed E-state index contributed by atoms with van der Waals surface area (Å²) < 4.78 is 28.7. The van der Waals surface area contributed by atoms with E-state index in [4.69, 9.17) is 0 Å². The highest BCUT2D eigenvalue weighted by molar-refractivity contribution is 8.32. The molecule has 4 rings (SSSR count). The number of benzene rings is 1. The lowest BCUT2D eigenvalue weighted by atomic mass is 10.0. The Morgan fingerprint density at radius 1 is 1.17 bits per heavy atom. The number of anilines is 1. The van der Waals surface area contributed by atoms with Gasteiger partial charge in [0.25, 0.3) is 0 Å². The summed E-state index contributed by atoms with van der Waals surface area (Å²) in [6.45, 7) is 0.557. The maximum Gasteiger partial charge on any atom is 0.232 e. The smallest absolute Gasteiger partial charge is 0.232 e. The van der Waals surface area contributed by atoms with Gasteiger partial charge in [0.05, 0.1) is 28.8 Å². The Balaban J connectivity index is 1.62. The molecular weight excluding hydrogens is 399 g/mol. The van der Waals surface area contributed by atoms with Crippen molar-refractivity contribution in [2.45, 2.75) is 5.92 Å². The standard InChI is InChI=1S/C16H16NO2S5/c1-24(18,19)17-10-12(13-4-2-3-5-14(13)17)11-23-9-8-22-16(23)15-20-6-7-21-15/h2-9,12H,10-11H2,1H3/q+1. The number of nitrogens with zero attached hydrogens (tertiary/aromatic N) is 1. The first-order valence-electron chi connectivity index (χ1n) is 7.36. The molecule has 3 heterocycles. The number of fused-ring (bicyclic) bond motifs is 1. The quantitative estimate of drug-likeness (QED) is 0.683. The lowest BCUT2D eigenvalue weighted by Crippen LogP contribution is -2.29. The van der Waals surface area contributed by atoms with Crippen LogP contribution in [0.15, 0.2) is 54.4 Å². The Kier molecular flexibility index (Phi) is 4.77. The number of rotatable bonds is 3. The van der Waals surface area contributed by atoms with Crippen LogP contribution in [-0.4, -0.2) is 27.0 Å². The number of sulfonamides is 1. The van der Waals surface area contributed by atoms with Crippen LogP contribution >= 0.6 is 35.3 Å². The van der Waals surface area contributed by atoms with E-state index in [2.05, 4.69) is 27.7 Å². The largest absolute Gasteiger partial charge is 0.269 e. The SMILES string of the molecule is CS(=O)(=O)N1CC(C[S+]2C=CSC2=C2SC=CS2)c2ccccc21. The summed E-state index contributed by atoms with van der Waals surface area (Å²) in [4.78, 5) is 0. The van der Waals surface area contributed by atoms with Crippen molar-refractivity contribution >= 4 is 61.9 Å². The molecule has 2 atom stereocenters. The van der Waals surface area contributed by atoms with Gasteiger partial charge in [0.15, 0.2) is 0 Å². The van der Waals surface area contributed by atoms with E-state index in [-0.39, 0.29) is 16.8 Å². The van der Waals surface area contributed by atoms with E-state index in [1.54, 1.807) is 27.8 Å². The normalized spacial score (nSPS) is 25.8. The van der Waals surface area contributed by atoms with Gasteiger partial charge < -0.3 is 0 Å². The highest BCUT2D eigenvalue weighted by Gasteiger charge is 2.41. The Labute approximate surface area is 158 Å². The van der Waals surface area contributed by atoms with Crippen LogP contribution in [0.25, 0.3) is 0 Å². The Morgan fingerprint density at radius 2 is 1.92 bits per heavy atom. The molecular formula is C16H16NO2S5+. The molecule has 0 aliphatic carbocycles. The van der Waals surface area contributed by atoms with Gasteiger partial charge in [-0.2, -0.15) is 0 Å². The third kappa shape index (κ3) is 3.19. The topological polar surface area (TPSA) is 37.4 Å². The molecule has 0 amide bonds. The zero-order valence-corrected chi connectivity index (χ0v) is 17.0. The Bertz CT molecular complexity index is 849. The summed E-state index contributed by atoms with van der Waals surface area (Å²) in [5, 5.41) is 8.73. The third-order valence-electron chi connectivity index (χ3n) is 4.02. The van der Waals surface area contributed by atoms with Crippen molar-refractivity contribution in [1.82, 2.24) is 0 Å². The van der Waals surface area contributed by atoms with Gasteiger partial charge >= 0.3 is 0 Å². The van der Waals surface area contributed by atoms with Crippen LogP contribution in [0.2, 0.25) is 0 Å². The summed E-state index contributed by atoms with van der Waals surface area (Å²) >= 11 is 5.40. The van der Waals surface area contributed by atoms with Gasteiger partial charge in [-0.25, -0.2) is 8.42 Å². The minimum absolute atomic E-state index is 0.0651. The lowest BCUT2D eigenvalue weighted by molar-refractivity contribution is 0.596. The average Bonchev–Trinajstić information content (AvgIpc) is 3.26. The van der Waals surface area contributed by atoms with E-state index in [9.17, 15) is 8.42 Å². The molecule has 1 aromatic carbocycles. The molecule has 0 saturated carbocycles. The molecule has 3 aliphatic rings. The van der Waals surface area contributed by atoms with E-state index < -0.39 is 10.0 Å². The monoisotopic (exact) mass is 414 g/mol. The highest BCUT2D eigenvalue weighted by atomic mass is 32.3. The van der Waals surface area contributed by atoms with Gasteiger partial charge in [-0.05, 0) is 34.2 Å². The predicted octanol–water partition coefficient (Wildman–Crippen LogP) is 4.46. The Hall–Kier alpha value is -0.410. The fourth-order valence-corrected chi connectivity index (χ4v) is 10.3. The van der Waals surface area contributed by atoms with Crippen LogP contribution in [0.5, 0.6) is 0 Å². The van der Waals surface area contributed by atoms with E-state index >= 15 is 0 Å². The van der Waals surface area contributed by atoms with Crippen molar-refractivity contribution in [3.63, 3.8) is 0 Å². The maximum absolute atomic E-state index is 12.1. The molecule has 0 spiro atoms. The molecule has 0 radical (unpaired) electrons. The molecule has 2 unspecified atom stereocenters. The lowest BCUT2D eigenvalue weighted by Gasteiger charge is -2.16. The van der Waals surface area contributed by atoms with E-state index in [0.29, 0.717) is 6.54 Å². The van der Waals surface area contributed by atoms with Gasteiger partial charge in [-0.1, -0.05) is 41.7 Å². The fourth-order valence-electron chi connectivity index (χ4n) is 3.00. The number of hydrogen-bond acceptors (Lipinski definition) is 5. The van der Waals surface area contributed by atoms with Crippen molar-refractivity contribution in [1.29, 1.82) is 0 Å². The van der Waals surface area contributed by atoms with Crippen molar-refractivity contribution in [3.05, 3.63) is 59.9 Å². The van der Waals surface area contributed by atoms with Crippen molar-refractivity contribution < 1.29 is 8.42 Å². The molecule has 24 heavy (non-hydrogen) atoms. The zero-order chi connectivity index (χ0) is 16.7. The summed E-state index contributed by atoms with van der Waals surface area (Å²) in [5.41, 5.74) is 2.01. The van der Waals surface area contributed by atoms with Crippen LogP contribution < -0.4 is 4.31 Å². The first-order valence-corrected chi connectivity index (χ1v) is 13.3. The molecule has 3 aliphatic heterocycles. The predicted molar refractivity (Wildman–Crippen MR) is 112 cm³/mol. The molecule has 0 bridgehead atoms. The number of thioether (sulfide) groups is 3. The first kappa shape index (κ1) is 17.0. The van der Waals surface area contributed by atoms with E-state index in [0.717, 1.165) is 17.0 Å². The minimum atomic E-state index is -3.23. The van der Waals surface area contributed by atoms with Gasteiger partial charge in [0.2, 0.25) is 14.3 Å². The summed E-state index contributed by atoms with van der Waals surface area (Å²) in [7, 11) is -3.16. The molecule has 0 aromatic heterocycles. The van der Waals surface area contributed by atoms with Crippen molar-refractivity contribution in [3.8, 4) is 0 Å². The second-order valence-electron chi connectivity index (χ2n) is 5.62. The maximum atomic E-state index is 12.1. The second-order valence-corrected chi connectivity index (χ2v) is 12.7. The molecule has 0 N–H and O–H groups in total. The highest BCUT2D eigenvalue weighted by Crippen LogP contribution is 2.50.